The van der Waals surface area contributed by atoms with Gasteiger partial charge >= 0.3 is 11.9 Å². The molecular formula is C19H23ClO7. The lowest BCUT2D eigenvalue weighted by Gasteiger charge is -2.41. The Balaban J connectivity index is 1.84. The Morgan fingerprint density at radius 3 is 2.59 bits per heavy atom. The first kappa shape index (κ1) is 18.9. The third kappa shape index (κ3) is 2.14. The number of hydrogen-bond donors (Lipinski definition) is 2. The lowest BCUT2D eigenvalue weighted by atomic mass is 9.72. The third-order valence-corrected chi connectivity index (χ3v) is 7.44. The summed E-state index contributed by atoms with van der Waals surface area (Å²) < 4.78 is 16.9. The van der Waals surface area contributed by atoms with Gasteiger partial charge in [-0.3, -0.25) is 0 Å². The van der Waals surface area contributed by atoms with Crippen molar-refractivity contribution in [3.05, 3.63) is 24.3 Å². The molecule has 8 heteroatoms. The van der Waals surface area contributed by atoms with Crippen LogP contribution in [-0.4, -0.2) is 62.6 Å². The number of ether oxygens (including phenoxy) is 3. The number of hydrogen-bond acceptors (Lipinski definition) is 7. The van der Waals surface area contributed by atoms with E-state index in [9.17, 15) is 19.8 Å². The summed E-state index contributed by atoms with van der Waals surface area (Å²) in [5.41, 5.74) is -4.03. The van der Waals surface area contributed by atoms with Gasteiger partial charge in [-0.1, -0.05) is 13.2 Å². The van der Waals surface area contributed by atoms with Gasteiger partial charge in [0.1, 0.15) is 29.5 Å². The van der Waals surface area contributed by atoms with Crippen molar-refractivity contribution < 1.29 is 34.0 Å². The summed E-state index contributed by atoms with van der Waals surface area (Å²) in [6.45, 7) is 11.9. The van der Waals surface area contributed by atoms with Crippen molar-refractivity contribution in [3.8, 4) is 0 Å². The van der Waals surface area contributed by atoms with Crippen LogP contribution >= 0.6 is 11.6 Å². The lowest BCUT2D eigenvalue weighted by molar-refractivity contribution is -0.183. The molecule has 1 spiro atoms. The Morgan fingerprint density at radius 2 is 2.00 bits per heavy atom. The van der Waals surface area contributed by atoms with Crippen molar-refractivity contribution in [1.82, 2.24) is 0 Å². The van der Waals surface area contributed by atoms with Crippen LogP contribution in [0.2, 0.25) is 0 Å². The van der Waals surface area contributed by atoms with Crippen molar-refractivity contribution in [2.24, 2.45) is 11.8 Å². The molecule has 0 aromatic heterocycles. The lowest BCUT2D eigenvalue weighted by Crippen LogP contribution is -2.59. The predicted molar refractivity (Wildman–Crippen MR) is 93.8 cm³/mol. The molecule has 2 saturated carbocycles. The number of halogens is 1. The maximum Gasteiger partial charge on any atom is 0.334 e. The highest BCUT2D eigenvalue weighted by Crippen LogP contribution is 2.69. The molecule has 7 nitrogen and oxygen atoms in total. The van der Waals surface area contributed by atoms with Crippen LogP contribution in [0.5, 0.6) is 0 Å². The SMILES string of the molecule is C=C(C)C(=O)O[C@@H]1C[C@H]2C(=C)C(=O)O[C@@H]2[C@H]2[C@](C)(O)[C@@H](Cl)[C@@H]3O[C@@]32[C@]1(C)O. The van der Waals surface area contributed by atoms with E-state index in [1.54, 1.807) is 6.92 Å². The molecule has 4 fully saturated rings. The number of alkyl halides is 1. The summed E-state index contributed by atoms with van der Waals surface area (Å²) in [7, 11) is 0. The van der Waals surface area contributed by atoms with Crippen LogP contribution in [-0.2, 0) is 23.8 Å². The maximum atomic E-state index is 12.2. The van der Waals surface area contributed by atoms with Gasteiger partial charge in [-0.15, -0.1) is 11.6 Å². The number of esters is 2. The van der Waals surface area contributed by atoms with E-state index in [0.29, 0.717) is 0 Å². The average Bonchev–Trinajstić information content (AvgIpc) is 3.22. The molecule has 2 aliphatic carbocycles. The summed E-state index contributed by atoms with van der Waals surface area (Å²) in [5.74, 6) is -2.58. The van der Waals surface area contributed by atoms with Gasteiger partial charge < -0.3 is 24.4 Å². The fourth-order valence-electron chi connectivity index (χ4n) is 5.23. The third-order valence-electron chi connectivity index (χ3n) is 6.77. The van der Waals surface area contributed by atoms with Crippen LogP contribution in [0.3, 0.4) is 0 Å². The van der Waals surface area contributed by atoms with Crippen molar-refractivity contribution in [2.75, 3.05) is 0 Å². The number of carbonyl (C=O) groups excluding carboxylic acids is 2. The van der Waals surface area contributed by atoms with Crippen LogP contribution in [0.25, 0.3) is 0 Å². The van der Waals surface area contributed by atoms with E-state index < -0.39 is 64.3 Å². The molecule has 2 N–H and O–H groups in total. The zero-order valence-electron chi connectivity index (χ0n) is 15.4. The Morgan fingerprint density at radius 1 is 1.37 bits per heavy atom. The molecule has 0 aromatic rings. The number of fused-ring (bicyclic) bond motifs is 2. The van der Waals surface area contributed by atoms with E-state index in [2.05, 4.69) is 13.2 Å². The molecule has 0 amide bonds. The minimum absolute atomic E-state index is 0.110. The zero-order valence-corrected chi connectivity index (χ0v) is 16.2. The van der Waals surface area contributed by atoms with Crippen molar-refractivity contribution >= 4 is 23.5 Å². The molecule has 4 rings (SSSR count). The van der Waals surface area contributed by atoms with Gasteiger partial charge in [-0.05, 0) is 27.2 Å². The topological polar surface area (TPSA) is 106 Å². The van der Waals surface area contributed by atoms with E-state index in [4.69, 9.17) is 25.8 Å². The summed E-state index contributed by atoms with van der Waals surface area (Å²) in [6, 6.07) is 0. The first-order chi connectivity index (χ1) is 12.4. The standard InChI is InChI=1S/C19H23ClO7/c1-7(2)15(21)25-10-6-9-8(3)16(22)26-11(9)12-17(4,23)13(20)14-19(12,27-14)18(10,5)24/h9-14,23-24H,1,3,6H2,2,4-5H3/t9-,10+,11-,12-,13-,14-,17-,18+,19+/m0/s1. The fraction of sp³-hybridized carbons (Fsp3) is 0.684. The molecule has 2 saturated heterocycles. The number of epoxide rings is 1. The minimum atomic E-state index is -1.67. The molecule has 27 heavy (non-hydrogen) atoms. The highest BCUT2D eigenvalue weighted by molar-refractivity contribution is 6.22. The van der Waals surface area contributed by atoms with E-state index in [0.717, 1.165) is 0 Å². The first-order valence-corrected chi connectivity index (χ1v) is 9.34. The van der Waals surface area contributed by atoms with Gasteiger partial charge in [-0.2, -0.15) is 0 Å². The Bertz CT molecular complexity index is 772. The van der Waals surface area contributed by atoms with Crippen LogP contribution in [0.4, 0.5) is 0 Å². The molecule has 0 unspecified atom stereocenters. The maximum absolute atomic E-state index is 12.2. The summed E-state index contributed by atoms with van der Waals surface area (Å²) in [6.07, 6.45) is -2.35. The number of rotatable bonds is 2. The molecule has 0 radical (unpaired) electrons. The molecular weight excluding hydrogens is 376 g/mol. The molecule has 2 aliphatic heterocycles. The van der Waals surface area contributed by atoms with Crippen molar-refractivity contribution in [1.29, 1.82) is 0 Å². The minimum Gasteiger partial charge on any atom is -0.458 e. The monoisotopic (exact) mass is 398 g/mol. The highest BCUT2D eigenvalue weighted by atomic mass is 35.5. The van der Waals surface area contributed by atoms with E-state index in [1.165, 1.54) is 13.8 Å². The number of carbonyl (C=O) groups is 2. The van der Waals surface area contributed by atoms with Crippen LogP contribution in [0.15, 0.2) is 24.3 Å². The fourth-order valence-corrected chi connectivity index (χ4v) is 5.60. The molecule has 0 aromatic carbocycles. The van der Waals surface area contributed by atoms with E-state index in [1.807, 2.05) is 0 Å². The zero-order chi connectivity index (χ0) is 20.1. The average molecular weight is 399 g/mol. The first-order valence-electron chi connectivity index (χ1n) is 8.90. The van der Waals surface area contributed by atoms with Gasteiger partial charge in [0, 0.05) is 17.1 Å². The van der Waals surface area contributed by atoms with Crippen LogP contribution in [0, 0.1) is 11.8 Å². The molecule has 148 valence electrons. The Labute approximate surface area is 161 Å². The Hall–Kier alpha value is -1.41. The van der Waals surface area contributed by atoms with Crippen molar-refractivity contribution in [2.45, 2.75) is 67.7 Å². The van der Waals surface area contributed by atoms with Gasteiger partial charge in [0.05, 0.1) is 16.9 Å². The molecule has 9 atom stereocenters. The number of aliphatic hydroxyl groups is 2. The van der Waals surface area contributed by atoms with E-state index >= 15 is 0 Å². The van der Waals surface area contributed by atoms with Crippen molar-refractivity contribution in [3.63, 3.8) is 0 Å². The largest absolute Gasteiger partial charge is 0.458 e. The second-order valence-electron chi connectivity index (χ2n) is 8.50. The van der Waals surface area contributed by atoms with Gasteiger partial charge in [0.15, 0.2) is 0 Å². The van der Waals surface area contributed by atoms with Gasteiger partial charge in [0.2, 0.25) is 0 Å². The van der Waals surface area contributed by atoms with Crippen LogP contribution < -0.4 is 0 Å². The van der Waals surface area contributed by atoms with Gasteiger partial charge in [-0.25, -0.2) is 9.59 Å². The summed E-state index contributed by atoms with van der Waals surface area (Å²) in [4.78, 5) is 24.4. The molecule has 2 heterocycles. The predicted octanol–water partition coefficient (Wildman–Crippen LogP) is 0.853. The second kappa shape index (κ2) is 5.35. The summed E-state index contributed by atoms with van der Waals surface area (Å²) in [5, 5.41) is 21.8. The molecule has 4 aliphatic rings. The summed E-state index contributed by atoms with van der Waals surface area (Å²) >= 11 is 6.44. The van der Waals surface area contributed by atoms with Gasteiger partial charge in [0.25, 0.3) is 0 Å². The molecule has 0 bridgehead atoms. The quantitative estimate of drug-likeness (QED) is 0.307. The second-order valence-corrected chi connectivity index (χ2v) is 8.97. The van der Waals surface area contributed by atoms with Crippen LogP contribution in [0.1, 0.15) is 27.2 Å². The normalized spacial score (nSPS) is 53.0. The smallest absolute Gasteiger partial charge is 0.334 e. The van der Waals surface area contributed by atoms with E-state index in [-0.39, 0.29) is 17.6 Å². The Kier molecular flexibility index (Phi) is 3.75. The highest BCUT2D eigenvalue weighted by Gasteiger charge is 2.87.